The van der Waals surface area contributed by atoms with Gasteiger partial charge in [0.05, 0.1) is 19.1 Å². The summed E-state index contributed by atoms with van der Waals surface area (Å²) in [7, 11) is 0. The predicted molar refractivity (Wildman–Crippen MR) is 209 cm³/mol. The number of hydrogen-bond donors (Lipinski definition) is 0. The van der Waals surface area contributed by atoms with E-state index < -0.39 is 17.8 Å². The van der Waals surface area contributed by atoms with E-state index in [1.165, 1.54) is 57.4 Å². The molecule has 0 aromatic heterocycles. The van der Waals surface area contributed by atoms with E-state index in [0.29, 0.717) is 41.4 Å². The van der Waals surface area contributed by atoms with Crippen LogP contribution < -0.4 is 18.9 Å². The van der Waals surface area contributed by atoms with Crippen LogP contribution in [0, 0.1) is 47.1 Å². The van der Waals surface area contributed by atoms with Gasteiger partial charge in [0.15, 0.2) is 23.0 Å². The predicted octanol–water partition coefficient (Wildman–Crippen LogP) is 12.9. The average Bonchev–Trinajstić information content (AvgIpc) is 3.16. The van der Waals surface area contributed by atoms with Crippen LogP contribution in [0.1, 0.15) is 122 Å². The Hall–Kier alpha value is -1.94. The van der Waals surface area contributed by atoms with Crippen LogP contribution in [0.4, 0.5) is 17.6 Å². The van der Waals surface area contributed by atoms with Crippen molar-refractivity contribution in [1.82, 2.24) is 0 Å². The van der Waals surface area contributed by atoms with E-state index >= 15 is 4.39 Å². The lowest BCUT2D eigenvalue weighted by atomic mass is 9.72. The number of thioether (sulfide) groups is 2. The molecule has 0 N–H and O–H groups in total. The molecule has 5 aliphatic rings. The zero-order valence-corrected chi connectivity index (χ0v) is 33.8. The first-order valence-electron chi connectivity index (χ1n) is 20.5. The van der Waals surface area contributed by atoms with Gasteiger partial charge in [-0.2, -0.15) is 17.6 Å². The minimum atomic E-state index is -3.33. The van der Waals surface area contributed by atoms with E-state index in [1.54, 1.807) is 19.1 Å². The van der Waals surface area contributed by atoms with Crippen molar-refractivity contribution in [3.63, 3.8) is 0 Å². The summed E-state index contributed by atoms with van der Waals surface area (Å²) in [5, 5.41) is 0. The second kappa shape index (κ2) is 18.3. The van der Waals surface area contributed by atoms with Crippen molar-refractivity contribution in [3.8, 4) is 23.0 Å². The van der Waals surface area contributed by atoms with E-state index in [0.717, 1.165) is 61.5 Å². The van der Waals surface area contributed by atoms with Gasteiger partial charge >= 0.3 is 6.11 Å². The highest BCUT2D eigenvalue weighted by Crippen LogP contribution is 2.58. The lowest BCUT2D eigenvalue weighted by Crippen LogP contribution is -2.48. The van der Waals surface area contributed by atoms with Crippen molar-refractivity contribution in [2.45, 2.75) is 134 Å². The smallest absolute Gasteiger partial charge is 0.401 e. The molecule has 2 aliphatic carbocycles. The summed E-state index contributed by atoms with van der Waals surface area (Å²) in [6.45, 7) is 8.81. The third-order valence-electron chi connectivity index (χ3n) is 12.3. The third-order valence-corrected chi connectivity index (χ3v) is 15.6. The molecule has 2 aromatic carbocycles. The minimum Gasteiger partial charge on any atom is -0.491 e. The number of halogens is 4. The van der Waals surface area contributed by atoms with E-state index in [4.69, 9.17) is 18.9 Å². The summed E-state index contributed by atoms with van der Waals surface area (Å²) in [5.74, 6) is 3.28. The third kappa shape index (κ3) is 9.21. The van der Waals surface area contributed by atoms with Crippen molar-refractivity contribution in [3.05, 3.63) is 47.0 Å². The Labute approximate surface area is 323 Å². The maximum absolute atomic E-state index is 15.1. The number of fused-ring (bicyclic) bond motifs is 2. The first kappa shape index (κ1) is 40.7. The van der Waals surface area contributed by atoms with Gasteiger partial charge < -0.3 is 18.9 Å². The lowest BCUT2D eigenvalue weighted by molar-refractivity contribution is -0.239. The topological polar surface area (TPSA) is 36.9 Å². The monoisotopic (exact) mass is 780 g/mol. The summed E-state index contributed by atoms with van der Waals surface area (Å²) in [6, 6.07) is 6.99. The van der Waals surface area contributed by atoms with Gasteiger partial charge in [-0.1, -0.05) is 77.3 Å². The van der Waals surface area contributed by atoms with Crippen molar-refractivity contribution in [1.29, 1.82) is 0 Å². The normalized spacial score (nSPS) is 28.7. The highest BCUT2D eigenvalue weighted by Gasteiger charge is 2.53. The van der Waals surface area contributed by atoms with Crippen molar-refractivity contribution in [2.75, 3.05) is 24.7 Å². The van der Waals surface area contributed by atoms with Gasteiger partial charge in [0.1, 0.15) is 0 Å². The first-order valence-corrected chi connectivity index (χ1v) is 22.5. The van der Waals surface area contributed by atoms with Gasteiger partial charge in [-0.15, -0.1) is 23.5 Å². The molecular weight excluding hydrogens is 721 g/mol. The quantitative estimate of drug-likeness (QED) is 0.224. The summed E-state index contributed by atoms with van der Waals surface area (Å²) in [5.41, 5.74) is 1.55. The Bertz CT molecular complexity index is 1490. The Kier molecular flexibility index (Phi) is 14.1. The fraction of sp³-hybridized carbons (Fsp3) is 0.721. The Morgan fingerprint density at radius 2 is 1.09 bits per heavy atom. The highest BCUT2D eigenvalue weighted by molar-refractivity contribution is 8.18. The maximum atomic E-state index is 15.1. The number of rotatable bonds is 10. The van der Waals surface area contributed by atoms with E-state index in [2.05, 4.69) is 13.8 Å². The molecule has 2 unspecified atom stereocenters. The average molecular weight is 781 g/mol. The van der Waals surface area contributed by atoms with Gasteiger partial charge in [0.2, 0.25) is 15.9 Å². The molecular formula is C43H60F4O4S2. The zero-order valence-electron chi connectivity index (χ0n) is 32.2. The van der Waals surface area contributed by atoms with E-state index in [9.17, 15) is 13.2 Å². The molecule has 2 aromatic rings. The Balaban J connectivity index is 0.000000183. The second-order valence-electron chi connectivity index (χ2n) is 15.8. The zero-order chi connectivity index (χ0) is 37.6. The Morgan fingerprint density at radius 1 is 0.642 bits per heavy atom. The van der Waals surface area contributed by atoms with Gasteiger partial charge in [0, 0.05) is 5.92 Å². The fourth-order valence-corrected chi connectivity index (χ4v) is 13.1. The van der Waals surface area contributed by atoms with E-state index in [1.807, 2.05) is 36.5 Å². The molecule has 0 bridgehead atoms. The molecule has 53 heavy (non-hydrogen) atoms. The molecule has 7 rings (SSSR count). The van der Waals surface area contributed by atoms with Gasteiger partial charge in [-0.3, -0.25) is 0 Å². The van der Waals surface area contributed by atoms with Crippen LogP contribution in [0.15, 0.2) is 24.3 Å². The summed E-state index contributed by atoms with van der Waals surface area (Å²) in [4.78, 5) is 0. The highest BCUT2D eigenvalue weighted by atomic mass is 32.2. The van der Waals surface area contributed by atoms with Crippen LogP contribution in [0.3, 0.4) is 0 Å². The summed E-state index contributed by atoms with van der Waals surface area (Å²) in [6.07, 6.45) is 12.9. The second-order valence-corrected chi connectivity index (χ2v) is 18.6. The molecule has 296 valence electrons. The molecule has 0 radical (unpaired) electrons. The van der Waals surface area contributed by atoms with Crippen molar-refractivity contribution in [2.24, 2.45) is 35.5 Å². The molecule has 3 fully saturated rings. The molecule has 1 spiro atoms. The van der Waals surface area contributed by atoms with Crippen molar-refractivity contribution >= 4 is 23.5 Å². The van der Waals surface area contributed by atoms with Gasteiger partial charge in [-0.25, -0.2) is 0 Å². The molecule has 1 saturated heterocycles. The number of ether oxygens (including phenoxy) is 4. The van der Waals surface area contributed by atoms with Crippen LogP contribution in [0.2, 0.25) is 0 Å². The van der Waals surface area contributed by atoms with Crippen LogP contribution in [-0.4, -0.2) is 35.1 Å². The molecule has 4 nitrogen and oxygen atoms in total. The molecule has 10 heteroatoms. The molecule has 3 heterocycles. The number of hydrogen-bond acceptors (Lipinski definition) is 6. The molecule has 0 amide bonds. The fourth-order valence-electron chi connectivity index (χ4n) is 9.65. The minimum absolute atomic E-state index is 0.0319. The van der Waals surface area contributed by atoms with Crippen LogP contribution in [-0.2, 0) is 12.8 Å². The van der Waals surface area contributed by atoms with Crippen LogP contribution in [0.5, 0.6) is 23.0 Å². The largest absolute Gasteiger partial charge is 0.491 e. The summed E-state index contributed by atoms with van der Waals surface area (Å²) >= 11 is 3.85. The SMILES string of the molecule is CCCC1CCC(C2Cc3ccc(OCC)c(F)c3OC2(F)F)CC1.CCCC1CCC(C2Cc3ccc(OCC)c(F)c3OC23SCCCS3)CC1. The Morgan fingerprint density at radius 3 is 1.57 bits per heavy atom. The maximum Gasteiger partial charge on any atom is 0.401 e. The molecule has 2 saturated carbocycles. The van der Waals surface area contributed by atoms with Crippen LogP contribution in [0.25, 0.3) is 0 Å². The summed E-state index contributed by atoms with van der Waals surface area (Å²) < 4.78 is 80.6. The van der Waals surface area contributed by atoms with E-state index in [-0.39, 0.29) is 40.5 Å². The van der Waals surface area contributed by atoms with Gasteiger partial charge in [0.25, 0.3) is 0 Å². The number of alkyl halides is 2. The van der Waals surface area contributed by atoms with Crippen LogP contribution >= 0.6 is 23.5 Å². The lowest BCUT2D eigenvalue weighted by Gasteiger charge is -2.49. The molecule has 3 aliphatic heterocycles. The number of benzene rings is 2. The van der Waals surface area contributed by atoms with Gasteiger partial charge in [-0.05, 0) is 117 Å². The van der Waals surface area contributed by atoms with Crippen molar-refractivity contribution < 1.29 is 36.5 Å². The first-order chi connectivity index (χ1) is 25.6. The standard InChI is InChI=1S/C23H33FO2S2.C20H27F3O2/c1-3-6-16-7-9-17(10-8-16)19-15-18-11-12-20(25-4-2)21(24)22(18)26-23(19)27-13-5-14-28-23;1-3-5-13-6-8-14(9-7-13)16-12-15-10-11-17(24-4-2)18(21)19(15)25-20(16,22)23/h11-12,16-17,19H,3-10,13-15H2,1-2H3;10-11,13-14,16H,3-9,12H2,1-2H3. The molecule has 2 atom stereocenters.